The highest BCUT2D eigenvalue weighted by Gasteiger charge is 2.13. The number of aromatic nitrogens is 2. The third-order valence-electron chi connectivity index (χ3n) is 2.64. The summed E-state index contributed by atoms with van der Waals surface area (Å²) in [6.07, 6.45) is 0.835. The molecule has 2 rings (SSSR count). The second-order valence-corrected chi connectivity index (χ2v) is 6.21. The number of rotatable bonds is 5. The maximum Gasteiger partial charge on any atom is 0.321 e. The summed E-state index contributed by atoms with van der Waals surface area (Å²) in [6, 6.07) is 3.43. The molecule has 0 radical (unpaired) electrons. The number of anilines is 1. The molecule has 1 aromatic carbocycles. The highest BCUT2D eigenvalue weighted by atomic mass is 32.2. The number of aromatic hydroxyl groups is 2. The lowest BCUT2D eigenvalue weighted by Gasteiger charge is -2.12. The van der Waals surface area contributed by atoms with Crippen LogP contribution in [0.15, 0.2) is 22.5 Å². The molecule has 2 amide bonds. The maximum absolute atomic E-state index is 11.7. The molecule has 10 heteroatoms. The van der Waals surface area contributed by atoms with E-state index in [1.54, 1.807) is 0 Å². The topological polar surface area (TPSA) is 128 Å². The molecule has 0 saturated heterocycles. The normalized spacial score (nSPS) is 11.9. The number of carbonyl (C=O) groups is 1. The number of hydrogen-bond acceptors (Lipinski definition) is 8. The fourth-order valence-electron chi connectivity index (χ4n) is 1.54. The van der Waals surface area contributed by atoms with Gasteiger partial charge in [0.2, 0.25) is 5.13 Å². The molecule has 1 unspecified atom stereocenters. The van der Waals surface area contributed by atoms with E-state index in [1.807, 2.05) is 6.26 Å². The Morgan fingerprint density at radius 3 is 2.77 bits per heavy atom. The summed E-state index contributed by atoms with van der Waals surface area (Å²) in [4.78, 5) is 11.7. The Hall–Kier alpha value is -2.04. The van der Waals surface area contributed by atoms with Crippen molar-refractivity contribution in [3.63, 3.8) is 0 Å². The highest BCUT2D eigenvalue weighted by Crippen LogP contribution is 2.27. The first-order chi connectivity index (χ1) is 10.5. The summed E-state index contributed by atoms with van der Waals surface area (Å²) < 4.78 is 0.731. The van der Waals surface area contributed by atoms with E-state index in [0.29, 0.717) is 10.7 Å². The molecule has 5 N–H and O–H groups in total. The Labute approximate surface area is 134 Å². The number of carbonyl (C=O) groups excluding carboxylic acids is 1. The largest absolute Gasteiger partial charge is 0.504 e. The molecule has 0 saturated carbocycles. The summed E-state index contributed by atoms with van der Waals surface area (Å²) in [5, 5.41) is 41.5. The Kier molecular flexibility index (Phi) is 5.41. The zero-order valence-electron chi connectivity index (χ0n) is 11.5. The van der Waals surface area contributed by atoms with Gasteiger partial charge in [0, 0.05) is 6.54 Å². The van der Waals surface area contributed by atoms with Crippen molar-refractivity contribution in [1.29, 1.82) is 0 Å². The number of aliphatic hydroxyl groups excluding tert-OH is 1. The first kappa shape index (κ1) is 16.3. The predicted molar refractivity (Wildman–Crippen MR) is 83.4 cm³/mol. The standard InChI is InChI=1S/C12H14N4O4S2/c1-21-12-16-15-11(22-12)14-10(20)13-5-9(19)6-2-3-7(17)8(18)4-6/h2-4,9,17-19H,5H2,1H3,(H2,13,14,15,20). The van der Waals surface area contributed by atoms with Gasteiger partial charge in [0.1, 0.15) is 0 Å². The smallest absolute Gasteiger partial charge is 0.321 e. The summed E-state index contributed by atoms with van der Waals surface area (Å²) in [5.74, 6) is -0.609. The zero-order chi connectivity index (χ0) is 16.1. The predicted octanol–water partition coefficient (Wildman–Crippen LogP) is 1.53. The van der Waals surface area contributed by atoms with Crippen LogP contribution in [0.4, 0.5) is 9.93 Å². The Bertz CT molecular complexity index is 664. The highest BCUT2D eigenvalue weighted by molar-refractivity contribution is 8.00. The Morgan fingerprint density at radius 2 is 2.14 bits per heavy atom. The van der Waals surface area contributed by atoms with Crippen LogP contribution in [0.5, 0.6) is 11.5 Å². The van der Waals surface area contributed by atoms with Gasteiger partial charge in [0.25, 0.3) is 0 Å². The number of nitrogens with one attached hydrogen (secondary N) is 2. The third kappa shape index (κ3) is 4.23. The van der Waals surface area contributed by atoms with Crippen LogP contribution in [0.3, 0.4) is 0 Å². The number of nitrogens with zero attached hydrogens (tertiary/aromatic N) is 2. The zero-order valence-corrected chi connectivity index (χ0v) is 13.1. The third-order valence-corrected chi connectivity index (χ3v) is 4.46. The van der Waals surface area contributed by atoms with Crippen LogP contribution in [0.25, 0.3) is 0 Å². The van der Waals surface area contributed by atoms with E-state index in [9.17, 15) is 20.1 Å². The molecule has 1 atom stereocenters. The monoisotopic (exact) mass is 342 g/mol. The van der Waals surface area contributed by atoms with E-state index in [0.717, 1.165) is 4.34 Å². The van der Waals surface area contributed by atoms with Gasteiger partial charge in [-0.15, -0.1) is 10.2 Å². The fourth-order valence-corrected chi connectivity index (χ4v) is 2.70. The van der Waals surface area contributed by atoms with Crippen LogP contribution in [0.2, 0.25) is 0 Å². The first-order valence-corrected chi connectivity index (χ1v) is 8.16. The molecular formula is C12H14N4O4S2. The fraction of sp³-hybridized carbons (Fsp3) is 0.250. The SMILES string of the molecule is CSc1nnc(NC(=O)NCC(O)c2ccc(O)c(O)c2)s1. The van der Waals surface area contributed by atoms with Gasteiger partial charge in [-0.3, -0.25) is 5.32 Å². The minimum absolute atomic E-state index is 0.0652. The van der Waals surface area contributed by atoms with Gasteiger partial charge < -0.3 is 20.6 Å². The molecular weight excluding hydrogens is 328 g/mol. The number of hydrogen-bond donors (Lipinski definition) is 5. The molecule has 0 aliphatic rings. The lowest BCUT2D eigenvalue weighted by Crippen LogP contribution is -2.32. The van der Waals surface area contributed by atoms with Gasteiger partial charge in [0.05, 0.1) is 6.10 Å². The second kappa shape index (κ2) is 7.29. The van der Waals surface area contributed by atoms with Crippen molar-refractivity contribution in [2.45, 2.75) is 10.4 Å². The molecule has 0 spiro atoms. The van der Waals surface area contributed by atoms with Crippen LogP contribution in [0.1, 0.15) is 11.7 Å². The van der Waals surface area contributed by atoms with E-state index in [1.165, 1.54) is 41.3 Å². The van der Waals surface area contributed by atoms with Crippen LogP contribution >= 0.6 is 23.1 Å². The van der Waals surface area contributed by atoms with Crippen molar-refractivity contribution in [2.75, 3.05) is 18.1 Å². The summed E-state index contributed by atoms with van der Waals surface area (Å²) in [7, 11) is 0. The summed E-state index contributed by atoms with van der Waals surface area (Å²) >= 11 is 2.66. The molecule has 0 aliphatic heterocycles. The number of amides is 2. The lowest BCUT2D eigenvalue weighted by atomic mass is 10.1. The summed E-state index contributed by atoms with van der Waals surface area (Å²) in [5.41, 5.74) is 0.371. The molecule has 22 heavy (non-hydrogen) atoms. The van der Waals surface area contributed by atoms with Crippen molar-refractivity contribution in [2.24, 2.45) is 0 Å². The minimum atomic E-state index is -1.02. The van der Waals surface area contributed by atoms with Crippen LogP contribution in [-0.2, 0) is 0 Å². The molecule has 8 nitrogen and oxygen atoms in total. The van der Waals surface area contributed by atoms with E-state index in [2.05, 4.69) is 20.8 Å². The molecule has 118 valence electrons. The van der Waals surface area contributed by atoms with Gasteiger partial charge in [0.15, 0.2) is 15.8 Å². The number of aliphatic hydroxyl groups is 1. The molecule has 0 fully saturated rings. The number of urea groups is 1. The van der Waals surface area contributed by atoms with Crippen LogP contribution in [0, 0.1) is 0 Å². The van der Waals surface area contributed by atoms with Gasteiger partial charge in [-0.05, 0) is 24.0 Å². The molecule has 1 aromatic heterocycles. The van der Waals surface area contributed by atoms with Crippen molar-refractivity contribution < 1.29 is 20.1 Å². The van der Waals surface area contributed by atoms with Gasteiger partial charge in [-0.25, -0.2) is 4.79 Å². The maximum atomic E-state index is 11.7. The minimum Gasteiger partial charge on any atom is -0.504 e. The number of phenols is 2. The molecule has 0 aliphatic carbocycles. The molecule has 0 bridgehead atoms. The van der Waals surface area contributed by atoms with Gasteiger partial charge in [-0.1, -0.05) is 29.2 Å². The van der Waals surface area contributed by atoms with Gasteiger partial charge in [-0.2, -0.15) is 0 Å². The van der Waals surface area contributed by atoms with Crippen LogP contribution < -0.4 is 10.6 Å². The van der Waals surface area contributed by atoms with E-state index < -0.39 is 12.1 Å². The van der Waals surface area contributed by atoms with Crippen LogP contribution in [-0.4, -0.2) is 44.3 Å². The Balaban J connectivity index is 1.85. The number of benzene rings is 1. The van der Waals surface area contributed by atoms with Crippen molar-refractivity contribution in [1.82, 2.24) is 15.5 Å². The molecule has 1 heterocycles. The van der Waals surface area contributed by atoms with E-state index in [-0.39, 0.29) is 18.0 Å². The number of phenolic OH excluding ortho intramolecular Hbond substituents is 2. The van der Waals surface area contributed by atoms with Crippen molar-refractivity contribution in [3.05, 3.63) is 23.8 Å². The quantitative estimate of drug-likeness (QED) is 0.317. The second-order valence-electron chi connectivity index (χ2n) is 4.18. The molecule has 2 aromatic rings. The van der Waals surface area contributed by atoms with Crippen molar-refractivity contribution in [3.8, 4) is 11.5 Å². The van der Waals surface area contributed by atoms with E-state index >= 15 is 0 Å². The Morgan fingerprint density at radius 1 is 1.36 bits per heavy atom. The van der Waals surface area contributed by atoms with Crippen molar-refractivity contribution >= 4 is 34.3 Å². The van der Waals surface area contributed by atoms with E-state index in [4.69, 9.17) is 0 Å². The average Bonchev–Trinajstić information content (AvgIpc) is 2.95. The number of thioether (sulfide) groups is 1. The lowest BCUT2D eigenvalue weighted by molar-refractivity contribution is 0.174. The first-order valence-electron chi connectivity index (χ1n) is 6.12. The van der Waals surface area contributed by atoms with Gasteiger partial charge >= 0.3 is 6.03 Å². The summed E-state index contributed by atoms with van der Waals surface area (Å²) in [6.45, 7) is -0.0652. The average molecular weight is 342 g/mol.